The lowest BCUT2D eigenvalue weighted by Gasteiger charge is -2.33. The summed E-state index contributed by atoms with van der Waals surface area (Å²) in [6.45, 7) is 1.84. The molecular weight excluding hydrogens is 446 g/mol. The summed E-state index contributed by atoms with van der Waals surface area (Å²) in [7, 11) is -2.57. The number of nitro benzene ring substituents is 1. The van der Waals surface area contributed by atoms with Gasteiger partial charge in [0.25, 0.3) is 0 Å². The number of rotatable bonds is 7. The maximum Gasteiger partial charge on any atom is 0.312 e. The molecule has 0 atom stereocenters. The van der Waals surface area contributed by atoms with Crippen molar-refractivity contribution in [2.45, 2.75) is 11.4 Å². The van der Waals surface area contributed by atoms with Crippen LogP contribution in [0.25, 0.3) is 10.7 Å². The molecule has 13 heteroatoms. The topological polar surface area (TPSA) is 132 Å². The minimum absolute atomic E-state index is 0.00949. The lowest BCUT2D eigenvalue weighted by Crippen LogP contribution is -2.48. The molecule has 1 aliphatic rings. The van der Waals surface area contributed by atoms with Crippen molar-refractivity contribution >= 4 is 27.0 Å². The zero-order valence-corrected chi connectivity index (χ0v) is 18.1. The SMILES string of the molecule is COc1ccc(S(=O)(=O)N2CCN(Cc3nc(-c4cccs4)no3)CC2)cc1[N+](=O)[O-]. The van der Waals surface area contributed by atoms with Gasteiger partial charge in [0.2, 0.25) is 21.7 Å². The van der Waals surface area contributed by atoms with E-state index in [2.05, 4.69) is 10.1 Å². The van der Waals surface area contributed by atoms with Crippen LogP contribution in [0.1, 0.15) is 5.89 Å². The second-order valence-corrected chi connectivity index (χ2v) is 9.65. The minimum Gasteiger partial charge on any atom is -0.490 e. The summed E-state index contributed by atoms with van der Waals surface area (Å²) in [5.74, 6) is 1.01. The molecule has 0 bridgehead atoms. The van der Waals surface area contributed by atoms with Gasteiger partial charge in [0.05, 0.1) is 28.4 Å². The van der Waals surface area contributed by atoms with E-state index in [1.165, 1.54) is 34.9 Å². The highest BCUT2D eigenvalue weighted by molar-refractivity contribution is 7.89. The van der Waals surface area contributed by atoms with E-state index in [9.17, 15) is 18.5 Å². The van der Waals surface area contributed by atoms with Crippen molar-refractivity contribution in [3.63, 3.8) is 0 Å². The number of methoxy groups -OCH3 is 1. The first-order valence-corrected chi connectivity index (χ1v) is 11.6. The number of nitrogens with zero attached hydrogens (tertiary/aromatic N) is 5. The van der Waals surface area contributed by atoms with Crippen molar-refractivity contribution in [2.75, 3.05) is 33.3 Å². The predicted molar refractivity (Wildman–Crippen MR) is 111 cm³/mol. The highest BCUT2D eigenvalue weighted by Crippen LogP contribution is 2.31. The normalized spacial score (nSPS) is 15.8. The molecular formula is C18H19N5O6S2. The first-order chi connectivity index (χ1) is 14.9. The average molecular weight is 466 g/mol. The molecule has 3 aromatic rings. The summed E-state index contributed by atoms with van der Waals surface area (Å²) in [5, 5.41) is 17.1. The van der Waals surface area contributed by atoms with E-state index in [4.69, 9.17) is 9.26 Å². The fourth-order valence-electron chi connectivity index (χ4n) is 3.27. The molecule has 2 aromatic heterocycles. The van der Waals surface area contributed by atoms with Crippen molar-refractivity contribution in [1.82, 2.24) is 19.3 Å². The van der Waals surface area contributed by atoms with Crippen molar-refractivity contribution < 1.29 is 22.6 Å². The summed E-state index contributed by atoms with van der Waals surface area (Å²) >= 11 is 1.52. The van der Waals surface area contributed by atoms with E-state index in [0.717, 1.165) is 10.9 Å². The summed E-state index contributed by atoms with van der Waals surface area (Å²) in [6, 6.07) is 7.46. The maximum atomic E-state index is 13.0. The molecule has 0 amide bonds. The second-order valence-electron chi connectivity index (χ2n) is 6.76. The molecule has 1 aliphatic heterocycles. The van der Waals surface area contributed by atoms with E-state index >= 15 is 0 Å². The van der Waals surface area contributed by atoms with Gasteiger partial charge < -0.3 is 9.26 Å². The summed E-state index contributed by atoms with van der Waals surface area (Å²) < 4.78 is 37.5. The molecule has 0 aliphatic carbocycles. The Labute approximate surface area is 182 Å². The second kappa shape index (κ2) is 8.70. The molecule has 31 heavy (non-hydrogen) atoms. The molecule has 1 aromatic carbocycles. The Kier molecular flexibility index (Phi) is 6.00. The Morgan fingerprint density at radius 2 is 2.03 bits per heavy atom. The first-order valence-electron chi connectivity index (χ1n) is 9.30. The van der Waals surface area contributed by atoms with Crippen molar-refractivity contribution in [2.24, 2.45) is 0 Å². The summed E-state index contributed by atoms with van der Waals surface area (Å²) in [4.78, 5) is 17.8. The van der Waals surface area contributed by atoms with Crippen LogP contribution in [0.3, 0.4) is 0 Å². The molecule has 0 spiro atoms. The first kappa shape index (κ1) is 21.4. The van der Waals surface area contributed by atoms with Crippen LogP contribution < -0.4 is 4.74 Å². The molecule has 1 saturated heterocycles. The van der Waals surface area contributed by atoms with E-state index in [1.54, 1.807) is 0 Å². The molecule has 164 valence electrons. The highest BCUT2D eigenvalue weighted by atomic mass is 32.2. The smallest absolute Gasteiger partial charge is 0.312 e. The number of piperazine rings is 1. The van der Waals surface area contributed by atoms with Gasteiger partial charge in [0.1, 0.15) is 0 Å². The third-order valence-corrected chi connectivity index (χ3v) is 7.65. The number of nitro groups is 1. The van der Waals surface area contributed by atoms with Gasteiger partial charge in [-0.05, 0) is 23.6 Å². The Hall–Kier alpha value is -2.87. The van der Waals surface area contributed by atoms with Crippen LogP contribution in [-0.2, 0) is 16.6 Å². The maximum absolute atomic E-state index is 13.0. The number of aromatic nitrogens is 2. The molecule has 1 fully saturated rings. The number of ether oxygens (including phenoxy) is 1. The van der Waals surface area contributed by atoms with Crippen LogP contribution >= 0.6 is 11.3 Å². The van der Waals surface area contributed by atoms with Crippen LogP contribution in [0.5, 0.6) is 5.75 Å². The Morgan fingerprint density at radius 3 is 2.68 bits per heavy atom. The molecule has 4 rings (SSSR count). The fourth-order valence-corrected chi connectivity index (χ4v) is 5.36. The van der Waals surface area contributed by atoms with E-state index in [0.29, 0.717) is 31.3 Å². The quantitative estimate of drug-likeness (QED) is 0.380. The monoisotopic (exact) mass is 465 g/mol. The van der Waals surface area contributed by atoms with Crippen LogP contribution in [0.15, 0.2) is 45.1 Å². The standard InChI is InChI=1S/C18H19N5O6S2/c1-28-15-5-4-13(11-14(15)23(24)25)31(26,27)22-8-6-21(7-9-22)12-17-19-18(20-29-17)16-3-2-10-30-16/h2-5,10-11H,6-9,12H2,1H3. The van der Waals surface area contributed by atoms with Crippen LogP contribution in [0.4, 0.5) is 5.69 Å². The van der Waals surface area contributed by atoms with Gasteiger partial charge in [-0.15, -0.1) is 11.3 Å². The van der Waals surface area contributed by atoms with Crippen molar-refractivity contribution in [3.8, 4) is 16.5 Å². The van der Waals surface area contributed by atoms with Crippen LogP contribution in [0.2, 0.25) is 0 Å². The summed E-state index contributed by atoms with van der Waals surface area (Å²) in [5.41, 5.74) is -0.389. The zero-order chi connectivity index (χ0) is 22.0. The van der Waals surface area contributed by atoms with Gasteiger partial charge in [0.15, 0.2) is 5.75 Å². The van der Waals surface area contributed by atoms with Gasteiger partial charge >= 0.3 is 5.69 Å². The van der Waals surface area contributed by atoms with Gasteiger partial charge in [0, 0.05) is 32.2 Å². The third-order valence-electron chi connectivity index (χ3n) is 4.88. The Morgan fingerprint density at radius 1 is 1.26 bits per heavy atom. The van der Waals surface area contributed by atoms with E-state index < -0.39 is 14.9 Å². The van der Waals surface area contributed by atoms with Gasteiger partial charge in [-0.25, -0.2) is 8.42 Å². The summed E-state index contributed by atoms with van der Waals surface area (Å²) in [6.07, 6.45) is 0. The number of hydrogen-bond acceptors (Lipinski definition) is 10. The van der Waals surface area contributed by atoms with Gasteiger partial charge in [-0.1, -0.05) is 11.2 Å². The predicted octanol–water partition coefficient (Wildman–Crippen LogP) is 2.22. The average Bonchev–Trinajstić information content (AvgIpc) is 3.45. The Bertz CT molecular complexity index is 1170. The molecule has 0 radical (unpaired) electrons. The van der Waals surface area contributed by atoms with Gasteiger partial charge in [-0.3, -0.25) is 15.0 Å². The highest BCUT2D eigenvalue weighted by Gasteiger charge is 2.31. The van der Waals surface area contributed by atoms with E-state index in [-0.39, 0.29) is 29.4 Å². The molecule has 3 heterocycles. The zero-order valence-electron chi connectivity index (χ0n) is 16.5. The van der Waals surface area contributed by atoms with Crippen LogP contribution in [0, 0.1) is 10.1 Å². The number of benzene rings is 1. The fraction of sp³-hybridized carbons (Fsp3) is 0.333. The number of thiophene rings is 1. The minimum atomic E-state index is -3.87. The molecule has 0 N–H and O–H groups in total. The molecule has 11 nitrogen and oxygen atoms in total. The van der Waals surface area contributed by atoms with Crippen molar-refractivity contribution in [3.05, 3.63) is 51.7 Å². The molecule has 0 saturated carbocycles. The van der Waals surface area contributed by atoms with Gasteiger partial charge in [-0.2, -0.15) is 9.29 Å². The largest absolute Gasteiger partial charge is 0.490 e. The lowest BCUT2D eigenvalue weighted by molar-refractivity contribution is -0.386. The Balaban J connectivity index is 1.41. The molecule has 0 unspecified atom stereocenters. The van der Waals surface area contributed by atoms with Crippen molar-refractivity contribution in [1.29, 1.82) is 0 Å². The lowest BCUT2D eigenvalue weighted by atomic mass is 10.3. The van der Waals surface area contributed by atoms with E-state index in [1.807, 2.05) is 22.4 Å². The van der Waals surface area contributed by atoms with Crippen LogP contribution in [-0.4, -0.2) is 66.0 Å². The third kappa shape index (κ3) is 4.44. The number of sulfonamides is 1. The number of hydrogen-bond donors (Lipinski definition) is 0.